The zero-order chi connectivity index (χ0) is 9.97. The van der Waals surface area contributed by atoms with Gasteiger partial charge < -0.3 is 4.98 Å². The number of nitrogens with one attached hydrogen (secondary N) is 1. The third kappa shape index (κ3) is 1.63. The Labute approximate surface area is 86.2 Å². The van der Waals surface area contributed by atoms with E-state index in [4.69, 9.17) is 0 Å². The van der Waals surface area contributed by atoms with Crippen LogP contribution >= 0.6 is 11.3 Å². The summed E-state index contributed by atoms with van der Waals surface area (Å²) in [5, 5.41) is 2.10. The van der Waals surface area contributed by atoms with Crippen LogP contribution in [-0.2, 0) is 6.42 Å². The lowest BCUT2D eigenvalue weighted by Crippen LogP contribution is -2.05. The second-order valence-corrected chi connectivity index (χ2v) is 4.00. The van der Waals surface area contributed by atoms with E-state index in [0.717, 1.165) is 16.9 Å². The molecule has 0 aromatic carbocycles. The van der Waals surface area contributed by atoms with Crippen molar-refractivity contribution in [2.24, 2.45) is 0 Å². The van der Waals surface area contributed by atoms with Crippen LogP contribution in [0.25, 0.3) is 10.4 Å². The maximum atomic E-state index is 11.5. The van der Waals surface area contributed by atoms with E-state index < -0.39 is 0 Å². The molecule has 0 radical (unpaired) electrons. The molecule has 72 valence electrons. The molecule has 0 saturated heterocycles. The molecule has 0 aliphatic heterocycles. The van der Waals surface area contributed by atoms with E-state index in [-0.39, 0.29) is 5.56 Å². The Morgan fingerprint density at radius 3 is 3.00 bits per heavy atom. The third-order valence-electron chi connectivity index (χ3n) is 2.15. The lowest BCUT2D eigenvalue weighted by Gasteiger charge is -1.93. The third-order valence-corrected chi connectivity index (χ3v) is 3.16. The number of aromatic nitrogens is 1. The number of aryl methyl sites for hydroxylation is 1. The molecule has 0 spiro atoms. The van der Waals surface area contributed by atoms with Crippen molar-refractivity contribution >= 4 is 11.3 Å². The monoisotopic (exact) mass is 205 g/mol. The smallest absolute Gasteiger partial charge is 0.256 e. The Balaban J connectivity index is 2.50. The average Bonchev–Trinajstić information content (AvgIpc) is 2.67. The van der Waals surface area contributed by atoms with E-state index in [1.807, 2.05) is 12.1 Å². The zero-order valence-corrected chi connectivity index (χ0v) is 8.73. The normalized spacial score (nSPS) is 10.4. The number of rotatable bonds is 2. The van der Waals surface area contributed by atoms with Crippen molar-refractivity contribution in [1.29, 1.82) is 0 Å². The molecule has 0 aliphatic carbocycles. The first-order valence-corrected chi connectivity index (χ1v) is 5.44. The van der Waals surface area contributed by atoms with Gasteiger partial charge in [0.2, 0.25) is 0 Å². The Morgan fingerprint density at radius 2 is 2.36 bits per heavy atom. The number of hydrogen-bond donors (Lipinski definition) is 1. The summed E-state index contributed by atoms with van der Waals surface area (Å²) in [5.74, 6) is 0. The van der Waals surface area contributed by atoms with E-state index in [1.165, 1.54) is 5.56 Å². The molecule has 2 aromatic heterocycles. The number of aromatic amines is 1. The van der Waals surface area contributed by atoms with Crippen molar-refractivity contribution in [2.75, 3.05) is 0 Å². The zero-order valence-electron chi connectivity index (χ0n) is 7.91. The lowest BCUT2D eigenvalue weighted by atomic mass is 10.2. The van der Waals surface area contributed by atoms with Crippen LogP contribution < -0.4 is 5.56 Å². The summed E-state index contributed by atoms with van der Waals surface area (Å²) in [6.45, 7) is 2.11. The predicted octanol–water partition coefficient (Wildman–Crippen LogP) is 2.67. The van der Waals surface area contributed by atoms with Crippen LogP contribution in [0.3, 0.4) is 0 Å². The summed E-state index contributed by atoms with van der Waals surface area (Å²) in [5.41, 5.74) is 2.03. The minimum atomic E-state index is -0.0167. The molecule has 0 atom stereocenters. The van der Waals surface area contributed by atoms with Gasteiger partial charge in [-0.25, -0.2) is 0 Å². The first kappa shape index (κ1) is 9.21. The molecule has 2 rings (SSSR count). The van der Waals surface area contributed by atoms with Crippen molar-refractivity contribution in [2.45, 2.75) is 13.3 Å². The minimum absolute atomic E-state index is 0.0167. The molecule has 2 heterocycles. The van der Waals surface area contributed by atoms with E-state index >= 15 is 0 Å². The molecule has 0 fully saturated rings. The molecule has 2 nitrogen and oxygen atoms in total. The average molecular weight is 205 g/mol. The van der Waals surface area contributed by atoms with Crippen LogP contribution in [0.15, 0.2) is 34.6 Å². The number of thiophene rings is 1. The highest BCUT2D eigenvalue weighted by Crippen LogP contribution is 2.24. The number of pyridine rings is 1. The Bertz CT molecular complexity index is 484. The summed E-state index contributed by atoms with van der Waals surface area (Å²) < 4.78 is 0. The highest BCUT2D eigenvalue weighted by atomic mass is 32.1. The second kappa shape index (κ2) is 3.80. The molecule has 3 heteroatoms. The van der Waals surface area contributed by atoms with E-state index in [1.54, 1.807) is 17.5 Å². The molecule has 0 aliphatic rings. The van der Waals surface area contributed by atoms with Crippen LogP contribution in [-0.4, -0.2) is 4.98 Å². The maximum Gasteiger partial charge on any atom is 0.256 e. The Hall–Kier alpha value is -1.35. The fourth-order valence-electron chi connectivity index (χ4n) is 1.32. The maximum absolute atomic E-state index is 11.5. The van der Waals surface area contributed by atoms with Crippen LogP contribution in [0.1, 0.15) is 12.5 Å². The van der Waals surface area contributed by atoms with Crippen molar-refractivity contribution in [1.82, 2.24) is 4.98 Å². The van der Waals surface area contributed by atoms with Gasteiger partial charge in [-0.05, 0) is 35.6 Å². The first-order valence-electron chi connectivity index (χ1n) is 4.56. The second-order valence-electron chi connectivity index (χ2n) is 3.09. The number of hydrogen-bond acceptors (Lipinski definition) is 2. The predicted molar refractivity (Wildman–Crippen MR) is 59.8 cm³/mol. The van der Waals surface area contributed by atoms with Crippen molar-refractivity contribution in [3.63, 3.8) is 0 Å². The van der Waals surface area contributed by atoms with Gasteiger partial charge in [-0.1, -0.05) is 6.92 Å². The van der Waals surface area contributed by atoms with Crippen LogP contribution in [0.5, 0.6) is 0 Å². The van der Waals surface area contributed by atoms with E-state index in [9.17, 15) is 4.79 Å². The molecule has 0 unspecified atom stereocenters. The van der Waals surface area contributed by atoms with Crippen LogP contribution in [0.4, 0.5) is 0 Å². The SMILES string of the molecule is CCc1csc(-c2ccc[nH]c2=O)c1. The highest BCUT2D eigenvalue weighted by Gasteiger charge is 2.04. The molecule has 2 aromatic rings. The Kier molecular flexibility index (Phi) is 2.50. The van der Waals surface area contributed by atoms with Gasteiger partial charge >= 0.3 is 0 Å². The fourth-order valence-corrected chi connectivity index (χ4v) is 2.34. The quantitative estimate of drug-likeness (QED) is 0.803. The standard InChI is InChI=1S/C11H11NOS/c1-2-8-6-10(14-7-8)9-4-3-5-12-11(9)13/h3-7H,2H2,1H3,(H,12,13). The van der Waals surface area contributed by atoms with Gasteiger partial charge in [-0.3, -0.25) is 4.79 Å². The van der Waals surface area contributed by atoms with Crippen LogP contribution in [0, 0.1) is 0 Å². The molecule has 0 amide bonds. The highest BCUT2D eigenvalue weighted by molar-refractivity contribution is 7.13. The summed E-state index contributed by atoms with van der Waals surface area (Å²) in [6, 6.07) is 5.78. The topological polar surface area (TPSA) is 32.9 Å². The lowest BCUT2D eigenvalue weighted by molar-refractivity contribution is 1.15. The Morgan fingerprint density at radius 1 is 1.50 bits per heavy atom. The molecular weight excluding hydrogens is 194 g/mol. The van der Waals surface area contributed by atoms with Gasteiger partial charge in [-0.2, -0.15) is 0 Å². The first-order chi connectivity index (χ1) is 6.81. The van der Waals surface area contributed by atoms with Gasteiger partial charge in [0.25, 0.3) is 5.56 Å². The summed E-state index contributed by atoms with van der Waals surface area (Å²) >= 11 is 1.62. The summed E-state index contributed by atoms with van der Waals surface area (Å²) in [4.78, 5) is 15.2. The number of H-pyrrole nitrogens is 1. The van der Waals surface area contributed by atoms with Gasteiger partial charge in [0.15, 0.2) is 0 Å². The van der Waals surface area contributed by atoms with Crippen molar-refractivity contribution < 1.29 is 0 Å². The minimum Gasteiger partial charge on any atom is -0.329 e. The van der Waals surface area contributed by atoms with E-state index in [0.29, 0.717) is 0 Å². The van der Waals surface area contributed by atoms with Gasteiger partial charge in [-0.15, -0.1) is 11.3 Å². The fraction of sp³-hybridized carbons (Fsp3) is 0.182. The van der Waals surface area contributed by atoms with E-state index in [2.05, 4.69) is 23.4 Å². The van der Waals surface area contributed by atoms with Gasteiger partial charge in [0.1, 0.15) is 0 Å². The molecule has 0 bridgehead atoms. The van der Waals surface area contributed by atoms with Crippen molar-refractivity contribution in [3.05, 3.63) is 45.7 Å². The largest absolute Gasteiger partial charge is 0.329 e. The molecular formula is C11H11NOS. The van der Waals surface area contributed by atoms with Crippen LogP contribution in [0.2, 0.25) is 0 Å². The molecule has 0 saturated carbocycles. The summed E-state index contributed by atoms with van der Waals surface area (Å²) in [7, 11) is 0. The van der Waals surface area contributed by atoms with Gasteiger partial charge in [0, 0.05) is 11.1 Å². The molecule has 1 N–H and O–H groups in total. The summed E-state index contributed by atoms with van der Waals surface area (Å²) in [6.07, 6.45) is 2.67. The van der Waals surface area contributed by atoms with Crippen molar-refractivity contribution in [3.8, 4) is 10.4 Å². The molecule has 14 heavy (non-hydrogen) atoms. The van der Waals surface area contributed by atoms with Gasteiger partial charge in [0.05, 0.1) is 5.56 Å².